The molecule has 11 heteroatoms. The van der Waals surface area contributed by atoms with E-state index in [1.165, 1.54) is 0 Å². The number of ether oxygens (including phenoxy) is 1. The lowest BCUT2D eigenvalue weighted by atomic mass is 10.0. The molecule has 0 unspecified atom stereocenters. The molecule has 1 N–H and O–H groups in total. The van der Waals surface area contributed by atoms with Crippen molar-refractivity contribution in [1.29, 1.82) is 0 Å². The van der Waals surface area contributed by atoms with E-state index in [1.54, 1.807) is 51.1 Å². The van der Waals surface area contributed by atoms with Crippen molar-refractivity contribution in [2.45, 2.75) is 44.9 Å². The lowest BCUT2D eigenvalue weighted by Gasteiger charge is -2.28. The van der Waals surface area contributed by atoms with Crippen molar-refractivity contribution in [1.82, 2.24) is 5.32 Å². The van der Waals surface area contributed by atoms with Crippen molar-refractivity contribution in [2.24, 2.45) is 0 Å². The van der Waals surface area contributed by atoms with Gasteiger partial charge in [-0.2, -0.15) is 16.8 Å². The van der Waals surface area contributed by atoms with Crippen molar-refractivity contribution in [3.8, 4) is 0 Å². The van der Waals surface area contributed by atoms with Crippen LogP contribution in [0.3, 0.4) is 0 Å². The molecule has 0 fully saturated rings. The first-order chi connectivity index (χ1) is 12.6. The van der Waals surface area contributed by atoms with Gasteiger partial charge in [0.2, 0.25) is 0 Å². The number of carbonyl (C=O) groups is 1. The average molecular weight is 438 g/mol. The van der Waals surface area contributed by atoms with Crippen LogP contribution < -0.4 is 5.32 Å². The third kappa shape index (κ3) is 11.2. The third-order valence-corrected chi connectivity index (χ3v) is 4.36. The Kier molecular flexibility index (Phi) is 8.42. The Morgan fingerprint density at radius 2 is 1.61 bits per heavy atom. The van der Waals surface area contributed by atoms with Crippen LogP contribution in [0, 0.1) is 0 Å². The molecule has 0 aliphatic rings. The standard InChI is InChI=1S/C17H27NO8S2/c1-17(2,3)25-16(19)18-14(11-13-9-7-6-8-10-13)15(26-28(5,22)23)12-24-27(4,20)21/h6-10,14-15H,11-12H2,1-5H3,(H,18,19)/t14-,15-/m0/s1. The summed E-state index contributed by atoms with van der Waals surface area (Å²) in [7, 11) is -7.82. The van der Waals surface area contributed by atoms with Crippen molar-refractivity contribution in [3.63, 3.8) is 0 Å². The van der Waals surface area contributed by atoms with E-state index in [4.69, 9.17) is 13.1 Å². The molecule has 0 aliphatic carbocycles. The third-order valence-electron chi connectivity index (χ3n) is 3.19. The summed E-state index contributed by atoms with van der Waals surface area (Å²) in [5.74, 6) is 0. The van der Waals surface area contributed by atoms with Gasteiger partial charge in [0.1, 0.15) is 11.7 Å². The highest BCUT2D eigenvalue weighted by Gasteiger charge is 2.31. The number of benzene rings is 1. The van der Waals surface area contributed by atoms with Gasteiger partial charge < -0.3 is 10.1 Å². The molecule has 28 heavy (non-hydrogen) atoms. The fraction of sp³-hybridized carbons (Fsp3) is 0.588. The minimum absolute atomic E-state index is 0.160. The molecular weight excluding hydrogens is 410 g/mol. The average Bonchev–Trinajstić information content (AvgIpc) is 2.48. The molecule has 0 spiro atoms. The van der Waals surface area contributed by atoms with E-state index < -0.39 is 50.7 Å². The van der Waals surface area contributed by atoms with Crippen LogP contribution in [0.25, 0.3) is 0 Å². The molecule has 1 rings (SSSR count). The molecule has 0 saturated heterocycles. The summed E-state index contributed by atoms with van der Waals surface area (Å²) in [5, 5.41) is 2.56. The molecule has 160 valence electrons. The first-order valence-electron chi connectivity index (χ1n) is 8.41. The van der Waals surface area contributed by atoms with Crippen molar-refractivity contribution >= 4 is 26.3 Å². The molecule has 0 aliphatic heterocycles. The normalized spacial score (nSPS) is 14.9. The smallest absolute Gasteiger partial charge is 0.407 e. The zero-order valence-electron chi connectivity index (χ0n) is 16.5. The first kappa shape index (κ1) is 24.3. The molecule has 1 aromatic carbocycles. The molecule has 1 amide bonds. The van der Waals surface area contributed by atoms with Crippen LogP contribution >= 0.6 is 0 Å². The number of alkyl carbamates (subject to hydrolysis) is 1. The minimum atomic E-state index is -3.97. The lowest BCUT2D eigenvalue weighted by Crippen LogP contribution is -2.50. The maximum atomic E-state index is 12.2. The van der Waals surface area contributed by atoms with Gasteiger partial charge in [-0.15, -0.1) is 0 Å². The molecule has 0 radical (unpaired) electrons. The van der Waals surface area contributed by atoms with Crippen molar-refractivity contribution < 1.29 is 34.7 Å². The number of nitrogens with one attached hydrogen (secondary N) is 1. The monoisotopic (exact) mass is 437 g/mol. The quantitative estimate of drug-likeness (QED) is 0.575. The van der Waals surface area contributed by atoms with E-state index in [0.29, 0.717) is 0 Å². The fourth-order valence-corrected chi connectivity index (χ4v) is 3.25. The van der Waals surface area contributed by atoms with Crippen molar-refractivity contribution in [3.05, 3.63) is 35.9 Å². The summed E-state index contributed by atoms with van der Waals surface area (Å²) < 4.78 is 61.0. The molecule has 0 saturated carbocycles. The summed E-state index contributed by atoms with van der Waals surface area (Å²) in [5.41, 5.74) is -0.0114. The van der Waals surface area contributed by atoms with Crippen LogP contribution in [0.15, 0.2) is 30.3 Å². The van der Waals surface area contributed by atoms with Crippen LogP contribution in [0.4, 0.5) is 4.79 Å². The summed E-state index contributed by atoms with van der Waals surface area (Å²) in [6.07, 6.45) is -0.272. The Bertz CT molecular complexity index is 845. The zero-order chi connectivity index (χ0) is 21.6. The van der Waals surface area contributed by atoms with Gasteiger partial charge in [-0.3, -0.25) is 8.37 Å². The van der Waals surface area contributed by atoms with E-state index >= 15 is 0 Å². The van der Waals surface area contributed by atoms with Gasteiger partial charge in [0, 0.05) is 0 Å². The number of carbonyl (C=O) groups excluding carboxylic acids is 1. The van der Waals surface area contributed by atoms with Crippen LogP contribution in [0.5, 0.6) is 0 Å². The summed E-state index contributed by atoms with van der Waals surface area (Å²) in [4.78, 5) is 12.2. The second-order valence-corrected chi connectivity index (χ2v) is 10.5. The summed E-state index contributed by atoms with van der Waals surface area (Å²) in [6, 6.07) is 7.97. The van der Waals surface area contributed by atoms with Crippen LogP contribution in [-0.2, 0) is 39.8 Å². The van der Waals surface area contributed by atoms with Crippen LogP contribution in [-0.4, -0.2) is 59.8 Å². The number of amides is 1. The number of hydrogen-bond acceptors (Lipinski definition) is 8. The Labute approximate surface area is 166 Å². The Hall–Kier alpha value is -1.69. The maximum absolute atomic E-state index is 12.2. The van der Waals surface area contributed by atoms with E-state index in [9.17, 15) is 21.6 Å². The van der Waals surface area contributed by atoms with Gasteiger partial charge in [0.25, 0.3) is 20.2 Å². The maximum Gasteiger partial charge on any atom is 0.407 e. The Morgan fingerprint density at radius 3 is 2.07 bits per heavy atom. The number of rotatable bonds is 9. The molecule has 0 heterocycles. The predicted octanol–water partition coefficient (Wildman–Crippen LogP) is 1.44. The lowest BCUT2D eigenvalue weighted by molar-refractivity contribution is 0.0410. The largest absolute Gasteiger partial charge is 0.444 e. The van der Waals surface area contributed by atoms with E-state index in [-0.39, 0.29) is 6.42 Å². The van der Waals surface area contributed by atoms with Gasteiger partial charge >= 0.3 is 6.09 Å². The highest BCUT2D eigenvalue weighted by molar-refractivity contribution is 7.86. The second kappa shape index (κ2) is 9.68. The highest BCUT2D eigenvalue weighted by Crippen LogP contribution is 2.14. The van der Waals surface area contributed by atoms with Gasteiger partial charge in [0.15, 0.2) is 0 Å². The Morgan fingerprint density at radius 1 is 1.04 bits per heavy atom. The van der Waals surface area contributed by atoms with E-state index in [0.717, 1.165) is 18.1 Å². The van der Waals surface area contributed by atoms with Gasteiger partial charge in [-0.25, -0.2) is 4.79 Å². The molecular formula is C17H27NO8S2. The second-order valence-electron chi connectivity index (χ2n) is 7.27. The van der Waals surface area contributed by atoms with Gasteiger partial charge in [0.05, 0.1) is 25.2 Å². The van der Waals surface area contributed by atoms with Crippen molar-refractivity contribution in [2.75, 3.05) is 19.1 Å². The van der Waals surface area contributed by atoms with Crippen LogP contribution in [0.1, 0.15) is 26.3 Å². The molecule has 1 aromatic rings. The summed E-state index contributed by atoms with van der Waals surface area (Å²) in [6.45, 7) is 4.43. The molecule has 9 nitrogen and oxygen atoms in total. The first-order valence-corrected chi connectivity index (χ1v) is 12.0. The summed E-state index contributed by atoms with van der Waals surface area (Å²) >= 11 is 0. The molecule has 0 aromatic heterocycles. The molecule has 2 atom stereocenters. The zero-order valence-corrected chi connectivity index (χ0v) is 18.2. The van der Waals surface area contributed by atoms with E-state index in [2.05, 4.69) is 5.32 Å². The minimum Gasteiger partial charge on any atom is -0.444 e. The Balaban J connectivity index is 3.14. The van der Waals surface area contributed by atoms with E-state index in [1.807, 2.05) is 0 Å². The van der Waals surface area contributed by atoms with Gasteiger partial charge in [-0.05, 0) is 32.8 Å². The van der Waals surface area contributed by atoms with Crippen LogP contribution in [0.2, 0.25) is 0 Å². The van der Waals surface area contributed by atoms with Gasteiger partial charge in [-0.1, -0.05) is 30.3 Å². The highest BCUT2D eigenvalue weighted by atomic mass is 32.2. The molecule has 0 bridgehead atoms. The SMILES string of the molecule is CC(C)(C)OC(=O)N[C@@H](Cc1ccccc1)[C@H](COS(C)(=O)=O)OS(C)(=O)=O. The predicted molar refractivity (Wildman–Crippen MR) is 104 cm³/mol. The fourth-order valence-electron chi connectivity index (χ4n) is 2.23. The number of hydrogen-bond donors (Lipinski definition) is 1. The topological polar surface area (TPSA) is 125 Å².